The fourth-order valence-electron chi connectivity index (χ4n) is 3.69. The number of carbonyl (C=O) groups is 2. The lowest BCUT2D eigenvalue weighted by atomic mass is 10.1. The Bertz CT molecular complexity index is 1050. The summed E-state index contributed by atoms with van der Waals surface area (Å²) in [5, 5.41) is 5.95. The monoisotopic (exact) mass is 376 g/mol. The summed E-state index contributed by atoms with van der Waals surface area (Å²) in [5.41, 5.74) is 3.83. The second-order valence-electron chi connectivity index (χ2n) is 7.45. The van der Waals surface area contributed by atoms with Crippen molar-refractivity contribution >= 4 is 23.0 Å². The zero-order chi connectivity index (χ0) is 19.7. The maximum atomic E-state index is 12.9. The van der Waals surface area contributed by atoms with Crippen LogP contribution in [0, 0.1) is 13.8 Å². The summed E-state index contributed by atoms with van der Waals surface area (Å²) >= 11 is 0. The molecule has 0 radical (unpaired) electrons. The van der Waals surface area contributed by atoms with E-state index in [1.54, 1.807) is 16.7 Å². The molecule has 1 aliphatic carbocycles. The molecule has 2 amide bonds. The highest BCUT2D eigenvalue weighted by atomic mass is 16.2. The van der Waals surface area contributed by atoms with E-state index in [4.69, 9.17) is 0 Å². The van der Waals surface area contributed by atoms with Crippen molar-refractivity contribution < 1.29 is 9.59 Å². The van der Waals surface area contributed by atoms with Crippen molar-refractivity contribution in [1.82, 2.24) is 14.7 Å². The molecule has 0 aliphatic heterocycles. The van der Waals surface area contributed by atoms with Crippen LogP contribution >= 0.6 is 0 Å². The Labute approximate surface area is 164 Å². The van der Waals surface area contributed by atoms with E-state index in [2.05, 4.69) is 15.6 Å². The van der Waals surface area contributed by atoms with E-state index in [1.165, 1.54) is 0 Å². The molecule has 144 valence electrons. The summed E-state index contributed by atoms with van der Waals surface area (Å²) in [4.78, 5) is 30.1. The average Bonchev–Trinajstić information content (AvgIpc) is 3.32. The molecule has 0 unspecified atom stereocenters. The van der Waals surface area contributed by atoms with Crippen molar-refractivity contribution in [3.05, 3.63) is 65.2 Å². The molecule has 1 saturated carbocycles. The maximum absolute atomic E-state index is 12.9. The smallest absolute Gasteiger partial charge is 0.287 e. The van der Waals surface area contributed by atoms with Crippen LogP contribution in [0.25, 0.3) is 5.52 Å². The van der Waals surface area contributed by atoms with Crippen molar-refractivity contribution in [2.75, 3.05) is 5.32 Å². The van der Waals surface area contributed by atoms with Gasteiger partial charge in [0.05, 0.1) is 5.52 Å². The van der Waals surface area contributed by atoms with Crippen LogP contribution in [0.2, 0.25) is 0 Å². The number of nitrogens with one attached hydrogen (secondary N) is 2. The minimum atomic E-state index is -0.327. The molecule has 0 spiro atoms. The highest BCUT2D eigenvalue weighted by Crippen LogP contribution is 2.20. The molecule has 1 aliphatic rings. The number of carbonyl (C=O) groups excluding carboxylic acids is 2. The summed E-state index contributed by atoms with van der Waals surface area (Å²) < 4.78 is 1.68. The van der Waals surface area contributed by atoms with Gasteiger partial charge in [-0.2, -0.15) is 0 Å². The van der Waals surface area contributed by atoms with E-state index in [0.717, 1.165) is 36.8 Å². The second-order valence-corrected chi connectivity index (χ2v) is 7.45. The molecule has 0 saturated heterocycles. The molecule has 3 aromatic rings. The zero-order valence-corrected chi connectivity index (χ0v) is 16.2. The van der Waals surface area contributed by atoms with Gasteiger partial charge >= 0.3 is 0 Å². The van der Waals surface area contributed by atoms with Crippen LogP contribution in [0.5, 0.6) is 0 Å². The highest BCUT2D eigenvalue weighted by Gasteiger charge is 2.24. The van der Waals surface area contributed by atoms with Crippen LogP contribution in [-0.4, -0.2) is 27.2 Å². The predicted molar refractivity (Wildman–Crippen MR) is 109 cm³/mol. The first-order valence-electron chi connectivity index (χ1n) is 9.69. The largest absolute Gasteiger partial charge is 0.347 e. The van der Waals surface area contributed by atoms with Gasteiger partial charge in [0, 0.05) is 17.9 Å². The lowest BCUT2D eigenvalue weighted by Crippen LogP contribution is -2.33. The zero-order valence-electron chi connectivity index (χ0n) is 16.2. The standard InChI is InChI=1S/C22H24N4O2/c1-14-10-11-17(13-15(14)2)24-21(27)19-18-9-5-6-12-26(18)20(25-19)22(28)23-16-7-3-4-8-16/h5-6,9-13,16H,3-4,7-8H2,1-2H3,(H,23,28)(H,24,27). The predicted octanol–water partition coefficient (Wildman–Crippen LogP) is 3.88. The Morgan fingerprint density at radius 1 is 1.04 bits per heavy atom. The van der Waals surface area contributed by atoms with Gasteiger partial charge in [-0.3, -0.25) is 14.0 Å². The second kappa shape index (κ2) is 7.46. The minimum Gasteiger partial charge on any atom is -0.347 e. The summed E-state index contributed by atoms with van der Waals surface area (Å²) in [7, 11) is 0. The van der Waals surface area contributed by atoms with Crippen LogP contribution in [0.3, 0.4) is 0 Å². The number of nitrogens with zero attached hydrogens (tertiary/aromatic N) is 2. The van der Waals surface area contributed by atoms with Crippen LogP contribution < -0.4 is 10.6 Å². The summed E-state index contributed by atoms with van der Waals surface area (Å²) in [5.74, 6) is -0.321. The van der Waals surface area contributed by atoms with Crippen molar-refractivity contribution in [2.45, 2.75) is 45.6 Å². The van der Waals surface area contributed by atoms with Crippen molar-refractivity contribution in [3.63, 3.8) is 0 Å². The minimum absolute atomic E-state index is 0.191. The van der Waals surface area contributed by atoms with E-state index in [1.807, 2.05) is 44.2 Å². The van der Waals surface area contributed by atoms with Gasteiger partial charge in [0.15, 0.2) is 5.69 Å². The lowest BCUT2D eigenvalue weighted by molar-refractivity contribution is 0.0926. The van der Waals surface area contributed by atoms with E-state index in [9.17, 15) is 9.59 Å². The molecule has 6 nitrogen and oxygen atoms in total. The molecule has 0 bridgehead atoms. The first-order valence-corrected chi connectivity index (χ1v) is 9.69. The Morgan fingerprint density at radius 3 is 2.57 bits per heavy atom. The summed E-state index contributed by atoms with van der Waals surface area (Å²) in [6.45, 7) is 4.03. The third-order valence-corrected chi connectivity index (χ3v) is 5.42. The number of aryl methyl sites for hydroxylation is 2. The molecule has 2 heterocycles. The number of anilines is 1. The molecular weight excluding hydrogens is 352 g/mol. The quantitative estimate of drug-likeness (QED) is 0.726. The first kappa shape index (κ1) is 18.2. The molecule has 0 atom stereocenters. The Kier molecular flexibility index (Phi) is 4.86. The van der Waals surface area contributed by atoms with Gasteiger partial charge in [-0.1, -0.05) is 25.0 Å². The van der Waals surface area contributed by atoms with E-state index < -0.39 is 0 Å². The number of aromatic nitrogens is 2. The number of fused-ring (bicyclic) bond motifs is 1. The van der Waals surface area contributed by atoms with Gasteiger partial charge in [-0.25, -0.2) is 4.98 Å². The Balaban J connectivity index is 1.64. The van der Waals surface area contributed by atoms with Gasteiger partial charge in [0.1, 0.15) is 0 Å². The lowest BCUT2D eigenvalue weighted by Gasteiger charge is -2.10. The number of imidazole rings is 1. The molecular formula is C22H24N4O2. The normalized spacial score (nSPS) is 14.4. The molecule has 1 fully saturated rings. The molecule has 4 rings (SSSR count). The fraction of sp³-hybridized carbons (Fsp3) is 0.318. The maximum Gasteiger partial charge on any atom is 0.287 e. The molecule has 2 N–H and O–H groups in total. The number of pyridine rings is 1. The summed E-state index contributed by atoms with van der Waals surface area (Å²) in [6, 6.07) is 11.4. The topological polar surface area (TPSA) is 75.5 Å². The molecule has 6 heteroatoms. The van der Waals surface area contributed by atoms with Crippen LogP contribution in [-0.2, 0) is 0 Å². The highest BCUT2D eigenvalue weighted by molar-refractivity contribution is 6.09. The van der Waals surface area contributed by atoms with Crippen LogP contribution in [0.1, 0.15) is 57.9 Å². The van der Waals surface area contributed by atoms with E-state index in [-0.39, 0.29) is 29.4 Å². The number of benzene rings is 1. The van der Waals surface area contributed by atoms with Gasteiger partial charge in [0.25, 0.3) is 11.8 Å². The SMILES string of the molecule is Cc1ccc(NC(=O)c2nc(C(=O)NC3CCCC3)n3ccccc23)cc1C. The average molecular weight is 376 g/mol. The number of hydrogen-bond donors (Lipinski definition) is 2. The van der Waals surface area contributed by atoms with Crippen molar-refractivity contribution in [3.8, 4) is 0 Å². The van der Waals surface area contributed by atoms with E-state index in [0.29, 0.717) is 11.2 Å². The number of rotatable bonds is 4. The third-order valence-electron chi connectivity index (χ3n) is 5.42. The van der Waals surface area contributed by atoms with Gasteiger partial charge in [-0.05, 0) is 62.1 Å². The van der Waals surface area contributed by atoms with Crippen molar-refractivity contribution in [2.24, 2.45) is 0 Å². The van der Waals surface area contributed by atoms with Crippen LogP contribution in [0.15, 0.2) is 42.6 Å². The third kappa shape index (κ3) is 3.50. The summed E-state index contributed by atoms with van der Waals surface area (Å²) in [6.07, 6.45) is 6.02. The van der Waals surface area contributed by atoms with Gasteiger partial charge in [0.2, 0.25) is 5.82 Å². The van der Waals surface area contributed by atoms with Crippen molar-refractivity contribution in [1.29, 1.82) is 0 Å². The van der Waals surface area contributed by atoms with Crippen LogP contribution in [0.4, 0.5) is 5.69 Å². The Morgan fingerprint density at radius 2 is 1.82 bits per heavy atom. The van der Waals surface area contributed by atoms with Gasteiger partial charge < -0.3 is 10.6 Å². The molecule has 2 aromatic heterocycles. The Hall–Kier alpha value is -3.15. The first-order chi connectivity index (χ1) is 13.5. The van der Waals surface area contributed by atoms with Gasteiger partial charge in [-0.15, -0.1) is 0 Å². The molecule has 28 heavy (non-hydrogen) atoms. The molecule has 1 aromatic carbocycles. The fourth-order valence-corrected chi connectivity index (χ4v) is 3.69. The van der Waals surface area contributed by atoms with E-state index >= 15 is 0 Å². The number of amides is 2. The number of hydrogen-bond acceptors (Lipinski definition) is 3.